The van der Waals surface area contributed by atoms with Gasteiger partial charge in [-0.2, -0.15) is 0 Å². The molecule has 0 unspecified atom stereocenters. The molecule has 0 aromatic carbocycles. The minimum atomic E-state index is 1.12. The first-order chi connectivity index (χ1) is 6.79. The molecule has 0 radical (unpaired) electrons. The third-order valence-corrected chi connectivity index (χ3v) is 2.92. The number of aromatic nitrogens is 3. The van der Waals surface area contributed by atoms with E-state index in [4.69, 9.17) is 0 Å². The standard InChI is InChI=1S/C10H9IN3/c1-14-7-13-5-3-10(14)8-6-12-4-2-9(8)11/h2-7H,1H3/q+1. The van der Waals surface area contributed by atoms with Crippen LogP contribution in [-0.2, 0) is 7.05 Å². The van der Waals surface area contributed by atoms with Gasteiger partial charge in [-0.25, -0.2) is 4.57 Å². The van der Waals surface area contributed by atoms with Crippen LogP contribution in [0.1, 0.15) is 0 Å². The van der Waals surface area contributed by atoms with Gasteiger partial charge in [-0.15, -0.1) is 0 Å². The molecule has 0 saturated carbocycles. The molecule has 0 spiro atoms. The molecule has 0 amide bonds. The van der Waals surface area contributed by atoms with E-state index in [0.29, 0.717) is 0 Å². The summed E-state index contributed by atoms with van der Waals surface area (Å²) in [5.74, 6) is 0. The monoisotopic (exact) mass is 298 g/mol. The Labute approximate surface area is 96.0 Å². The second-order valence-corrected chi connectivity index (χ2v) is 4.09. The molecule has 2 rings (SSSR count). The number of pyridine rings is 1. The molecular formula is C10H9IN3+. The molecule has 2 aromatic heterocycles. The van der Waals surface area contributed by atoms with Gasteiger partial charge in [0, 0.05) is 22.0 Å². The van der Waals surface area contributed by atoms with E-state index in [9.17, 15) is 0 Å². The van der Waals surface area contributed by atoms with Crippen molar-refractivity contribution in [2.24, 2.45) is 7.05 Å². The largest absolute Gasteiger partial charge is 0.286 e. The molecular weight excluding hydrogens is 289 g/mol. The SMILES string of the molecule is C[n+]1cnccc1-c1cnccc1I. The van der Waals surface area contributed by atoms with E-state index in [1.54, 1.807) is 18.7 Å². The average molecular weight is 298 g/mol. The number of hydrogen-bond acceptors (Lipinski definition) is 2. The van der Waals surface area contributed by atoms with E-state index in [2.05, 4.69) is 32.6 Å². The first kappa shape index (κ1) is 9.51. The maximum absolute atomic E-state index is 4.12. The van der Waals surface area contributed by atoms with Crippen LogP contribution in [0.15, 0.2) is 37.1 Å². The highest BCUT2D eigenvalue weighted by molar-refractivity contribution is 14.1. The average Bonchev–Trinajstić information content (AvgIpc) is 2.20. The van der Waals surface area contributed by atoms with Crippen molar-refractivity contribution < 1.29 is 4.57 Å². The van der Waals surface area contributed by atoms with Gasteiger partial charge >= 0.3 is 0 Å². The second-order valence-electron chi connectivity index (χ2n) is 2.93. The van der Waals surface area contributed by atoms with Crippen LogP contribution in [0.4, 0.5) is 0 Å². The number of nitrogens with zero attached hydrogens (tertiary/aromatic N) is 3. The Bertz CT molecular complexity index is 413. The quantitative estimate of drug-likeness (QED) is 0.591. The van der Waals surface area contributed by atoms with Crippen LogP contribution in [0.3, 0.4) is 0 Å². The summed E-state index contributed by atoms with van der Waals surface area (Å²) in [7, 11) is 1.98. The molecule has 0 saturated heterocycles. The zero-order chi connectivity index (χ0) is 9.97. The Morgan fingerprint density at radius 2 is 2.00 bits per heavy atom. The number of rotatable bonds is 1. The van der Waals surface area contributed by atoms with E-state index in [0.717, 1.165) is 11.3 Å². The molecule has 0 fully saturated rings. The summed E-state index contributed by atoms with van der Waals surface area (Å²) in [6, 6.07) is 3.98. The van der Waals surface area contributed by atoms with Gasteiger partial charge in [0.15, 0.2) is 0 Å². The van der Waals surface area contributed by atoms with Gasteiger partial charge in [0.2, 0.25) is 0 Å². The predicted molar refractivity (Wildman–Crippen MR) is 61.4 cm³/mol. The number of halogens is 1. The second kappa shape index (κ2) is 4.00. The topological polar surface area (TPSA) is 29.7 Å². The fourth-order valence-corrected chi connectivity index (χ4v) is 1.85. The van der Waals surface area contributed by atoms with Crippen LogP contribution in [0.5, 0.6) is 0 Å². The summed E-state index contributed by atoms with van der Waals surface area (Å²) in [5.41, 5.74) is 2.26. The van der Waals surface area contributed by atoms with E-state index in [1.165, 1.54) is 3.57 Å². The molecule has 0 aliphatic heterocycles. The number of hydrogen-bond donors (Lipinski definition) is 0. The highest BCUT2D eigenvalue weighted by atomic mass is 127. The molecule has 70 valence electrons. The fourth-order valence-electron chi connectivity index (χ4n) is 1.28. The molecule has 14 heavy (non-hydrogen) atoms. The van der Waals surface area contributed by atoms with Crippen LogP contribution in [-0.4, -0.2) is 9.97 Å². The zero-order valence-corrected chi connectivity index (χ0v) is 9.84. The van der Waals surface area contributed by atoms with Gasteiger partial charge in [0.25, 0.3) is 6.33 Å². The maximum atomic E-state index is 4.12. The molecule has 0 atom stereocenters. The van der Waals surface area contributed by atoms with Crippen LogP contribution in [0, 0.1) is 3.57 Å². The van der Waals surface area contributed by atoms with Gasteiger partial charge < -0.3 is 0 Å². The smallest absolute Gasteiger partial charge is 0.264 e. The van der Waals surface area contributed by atoms with Gasteiger partial charge in [-0.05, 0) is 28.7 Å². The van der Waals surface area contributed by atoms with Crippen LogP contribution < -0.4 is 4.57 Å². The Morgan fingerprint density at radius 1 is 1.21 bits per heavy atom. The fraction of sp³-hybridized carbons (Fsp3) is 0.100. The van der Waals surface area contributed by atoms with Gasteiger partial charge in [0.1, 0.15) is 11.9 Å². The Morgan fingerprint density at radius 3 is 2.71 bits per heavy atom. The van der Waals surface area contributed by atoms with Crippen molar-refractivity contribution in [3.63, 3.8) is 0 Å². The first-order valence-corrected chi connectivity index (χ1v) is 5.26. The molecule has 2 aromatic rings. The molecule has 0 aliphatic rings. The van der Waals surface area contributed by atoms with E-state index >= 15 is 0 Å². The van der Waals surface area contributed by atoms with E-state index in [1.807, 2.05) is 29.9 Å². The van der Waals surface area contributed by atoms with Gasteiger partial charge in [-0.3, -0.25) is 4.98 Å². The van der Waals surface area contributed by atoms with E-state index in [-0.39, 0.29) is 0 Å². The lowest BCUT2D eigenvalue weighted by atomic mass is 10.2. The van der Waals surface area contributed by atoms with Crippen molar-refractivity contribution in [3.05, 3.63) is 40.6 Å². The minimum absolute atomic E-state index is 1.12. The summed E-state index contributed by atoms with van der Waals surface area (Å²) in [6.45, 7) is 0. The predicted octanol–water partition coefficient (Wildman–Crippen LogP) is 1.57. The van der Waals surface area contributed by atoms with Gasteiger partial charge in [-0.1, -0.05) is 4.98 Å². The van der Waals surface area contributed by atoms with Crippen molar-refractivity contribution in [3.8, 4) is 11.3 Å². The van der Waals surface area contributed by atoms with Gasteiger partial charge in [0.05, 0.1) is 12.6 Å². The highest BCUT2D eigenvalue weighted by Crippen LogP contribution is 2.19. The van der Waals surface area contributed by atoms with Crippen LogP contribution in [0.2, 0.25) is 0 Å². The zero-order valence-electron chi connectivity index (χ0n) is 7.68. The van der Waals surface area contributed by atoms with Crippen molar-refractivity contribution in [2.45, 2.75) is 0 Å². The maximum Gasteiger partial charge on any atom is 0.286 e. The normalized spacial score (nSPS) is 10.1. The molecule has 2 heterocycles. The van der Waals surface area contributed by atoms with Crippen molar-refractivity contribution in [2.75, 3.05) is 0 Å². The van der Waals surface area contributed by atoms with Crippen molar-refractivity contribution >= 4 is 22.6 Å². The first-order valence-electron chi connectivity index (χ1n) is 4.18. The summed E-state index contributed by atoms with van der Waals surface area (Å²) < 4.78 is 3.18. The highest BCUT2D eigenvalue weighted by Gasteiger charge is 2.09. The third-order valence-electron chi connectivity index (χ3n) is 1.98. The van der Waals surface area contributed by atoms with E-state index < -0.39 is 0 Å². The number of aryl methyl sites for hydroxylation is 1. The molecule has 0 aliphatic carbocycles. The molecule has 0 N–H and O–H groups in total. The van der Waals surface area contributed by atoms with Crippen LogP contribution in [0.25, 0.3) is 11.3 Å². The Hall–Kier alpha value is -1.04. The Balaban J connectivity index is 2.61. The lowest BCUT2D eigenvalue weighted by Crippen LogP contribution is -2.31. The summed E-state index contributed by atoms with van der Waals surface area (Å²) in [5, 5.41) is 0. The lowest BCUT2D eigenvalue weighted by Gasteiger charge is -2.02. The van der Waals surface area contributed by atoms with Crippen molar-refractivity contribution in [1.82, 2.24) is 9.97 Å². The summed E-state index contributed by atoms with van der Waals surface area (Å²) in [6.07, 6.45) is 7.25. The lowest BCUT2D eigenvalue weighted by molar-refractivity contribution is -0.663. The minimum Gasteiger partial charge on any atom is -0.264 e. The summed E-state index contributed by atoms with van der Waals surface area (Å²) >= 11 is 2.31. The van der Waals surface area contributed by atoms with Crippen LogP contribution >= 0.6 is 22.6 Å². The summed E-state index contributed by atoms with van der Waals surface area (Å²) in [4.78, 5) is 8.16. The Kier molecular flexibility index (Phi) is 2.72. The molecule has 3 nitrogen and oxygen atoms in total. The third kappa shape index (κ3) is 1.75. The van der Waals surface area contributed by atoms with Crippen molar-refractivity contribution in [1.29, 1.82) is 0 Å². The molecule has 4 heteroatoms. The molecule has 0 bridgehead atoms.